The van der Waals surface area contributed by atoms with Crippen LogP contribution in [0.15, 0.2) is 133 Å². The van der Waals surface area contributed by atoms with Crippen molar-refractivity contribution in [1.82, 2.24) is 9.13 Å². The Kier molecular flexibility index (Phi) is 5.22. The Morgan fingerprint density at radius 2 is 1.05 bits per heavy atom. The van der Waals surface area contributed by atoms with Crippen LogP contribution in [0.5, 0.6) is 0 Å². The van der Waals surface area contributed by atoms with Crippen LogP contribution in [0.3, 0.4) is 0 Å². The van der Waals surface area contributed by atoms with Crippen LogP contribution >= 0.6 is 0 Å². The first-order valence-electron chi connectivity index (χ1n) is 13.8. The molecule has 0 unspecified atom stereocenters. The lowest BCUT2D eigenvalue weighted by molar-refractivity contribution is 1.13. The molecule has 0 radical (unpaired) electrons. The molecular formula is C38H22N4. The Labute approximate surface area is 242 Å². The third-order valence-electron chi connectivity index (χ3n) is 8.17. The highest BCUT2D eigenvalue weighted by Crippen LogP contribution is 2.39. The second-order valence-electron chi connectivity index (χ2n) is 10.4. The Balaban J connectivity index is 1.38. The first kappa shape index (κ1) is 23.8. The molecular weight excluding hydrogens is 512 g/mol. The van der Waals surface area contributed by atoms with Crippen LogP contribution < -0.4 is 0 Å². The highest BCUT2D eigenvalue weighted by molar-refractivity contribution is 6.11. The molecule has 0 spiro atoms. The Morgan fingerprint density at radius 1 is 0.524 bits per heavy atom. The molecule has 0 saturated heterocycles. The van der Waals surface area contributed by atoms with Gasteiger partial charge in [-0.25, -0.2) is 4.85 Å². The summed E-state index contributed by atoms with van der Waals surface area (Å²) in [7, 11) is 0. The van der Waals surface area contributed by atoms with Crippen molar-refractivity contribution in [2.45, 2.75) is 0 Å². The molecule has 0 saturated carbocycles. The average molecular weight is 535 g/mol. The van der Waals surface area contributed by atoms with Crippen LogP contribution in [0.4, 0.5) is 5.69 Å². The summed E-state index contributed by atoms with van der Waals surface area (Å²) in [6, 6.07) is 48.1. The molecule has 0 aliphatic carbocycles. The maximum absolute atomic E-state index is 9.81. The third-order valence-corrected chi connectivity index (χ3v) is 8.17. The predicted molar refractivity (Wildman–Crippen MR) is 172 cm³/mol. The van der Waals surface area contributed by atoms with Crippen molar-refractivity contribution in [2.24, 2.45) is 0 Å². The topological polar surface area (TPSA) is 38.0 Å². The summed E-state index contributed by atoms with van der Waals surface area (Å²) in [5.74, 6) is 0. The lowest BCUT2D eigenvalue weighted by Crippen LogP contribution is -1.98. The number of hydrogen-bond donors (Lipinski definition) is 0. The van der Waals surface area contributed by atoms with Gasteiger partial charge in [0.05, 0.1) is 34.7 Å². The minimum Gasteiger partial charge on any atom is -0.309 e. The number of fused-ring (bicyclic) bond motifs is 6. The van der Waals surface area contributed by atoms with Gasteiger partial charge in [0.15, 0.2) is 5.69 Å². The number of para-hydroxylation sites is 3. The number of hydrogen-bond acceptors (Lipinski definition) is 1. The maximum atomic E-state index is 9.81. The van der Waals surface area contributed by atoms with Crippen LogP contribution in [0, 0.1) is 17.9 Å². The van der Waals surface area contributed by atoms with Gasteiger partial charge >= 0.3 is 0 Å². The number of benzene rings is 6. The Morgan fingerprint density at radius 3 is 1.62 bits per heavy atom. The highest BCUT2D eigenvalue weighted by Gasteiger charge is 2.17. The zero-order valence-corrected chi connectivity index (χ0v) is 22.5. The fourth-order valence-electron chi connectivity index (χ4n) is 6.41. The molecule has 2 aromatic heterocycles. The second kappa shape index (κ2) is 9.24. The van der Waals surface area contributed by atoms with E-state index in [9.17, 15) is 5.26 Å². The van der Waals surface area contributed by atoms with Gasteiger partial charge in [-0.1, -0.05) is 78.9 Å². The minimum absolute atomic E-state index is 0.482. The fourth-order valence-corrected chi connectivity index (χ4v) is 6.41. The van der Waals surface area contributed by atoms with Crippen molar-refractivity contribution >= 4 is 49.3 Å². The van der Waals surface area contributed by atoms with Crippen molar-refractivity contribution < 1.29 is 0 Å². The quantitative estimate of drug-likeness (QED) is 0.208. The molecule has 6 aromatic carbocycles. The first-order valence-corrected chi connectivity index (χ1v) is 13.8. The SMILES string of the molecule is [C-]#[N+]c1cccc(C#N)c1-c1ccc2c(c1)c1ccccc1n2-c1cccc(-n2c3ccccc3c3ccccc32)c1. The first-order chi connectivity index (χ1) is 20.8. The van der Waals surface area contributed by atoms with E-state index in [-0.39, 0.29) is 0 Å². The van der Waals surface area contributed by atoms with Gasteiger partial charge in [0.1, 0.15) is 0 Å². The summed E-state index contributed by atoms with van der Waals surface area (Å²) >= 11 is 0. The van der Waals surface area contributed by atoms with E-state index in [1.807, 2.05) is 6.07 Å². The van der Waals surface area contributed by atoms with Crippen LogP contribution in [-0.2, 0) is 0 Å². The van der Waals surface area contributed by atoms with Gasteiger partial charge in [-0.05, 0) is 60.2 Å². The van der Waals surface area contributed by atoms with E-state index in [1.54, 1.807) is 18.2 Å². The van der Waals surface area contributed by atoms with Crippen LogP contribution in [-0.4, -0.2) is 9.13 Å². The van der Waals surface area contributed by atoms with E-state index in [1.165, 1.54) is 21.8 Å². The third kappa shape index (κ3) is 3.40. The van der Waals surface area contributed by atoms with Gasteiger partial charge in [-0.15, -0.1) is 0 Å². The summed E-state index contributed by atoms with van der Waals surface area (Å²) in [5, 5.41) is 14.5. The molecule has 0 N–H and O–H groups in total. The van der Waals surface area contributed by atoms with E-state index in [0.29, 0.717) is 16.8 Å². The van der Waals surface area contributed by atoms with Crippen molar-refractivity contribution in [3.05, 3.63) is 150 Å². The molecule has 0 amide bonds. The molecule has 0 aliphatic rings. The molecule has 42 heavy (non-hydrogen) atoms. The van der Waals surface area contributed by atoms with Crippen LogP contribution in [0.1, 0.15) is 5.56 Å². The molecule has 4 nitrogen and oxygen atoms in total. The summed E-state index contributed by atoms with van der Waals surface area (Å²) in [6.45, 7) is 7.71. The van der Waals surface area contributed by atoms with E-state index < -0.39 is 0 Å². The summed E-state index contributed by atoms with van der Waals surface area (Å²) < 4.78 is 4.64. The smallest absolute Gasteiger partial charge is 0.196 e. The normalized spacial score (nSPS) is 11.3. The Hall–Kier alpha value is -6.10. The summed E-state index contributed by atoms with van der Waals surface area (Å²) in [5.41, 5.74) is 9.21. The molecule has 8 rings (SSSR count). The lowest BCUT2D eigenvalue weighted by Gasteiger charge is -2.13. The molecule has 0 fully saturated rings. The van der Waals surface area contributed by atoms with Crippen LogP contribution in [0.25, 0.3) is 71.0 Å². The molecule has 8 aromatic rings. The minimum atomic E-state index is 0.482. The molecule has 194 valence electrons. The molecule has 0 bridgehead atoms. The number of rotatable bonds is 3. The number of nitriles is 1. The fraction of sp³-hybridized carbons (Fsp3) is 0. The molecule has 0 atom stereocenters. The van der Waals surface area contributed by atoms with Crippen molar-refractivity contribution in [3.63, 3.8) is 0 Å². The van der Waals surface area contributed by atoms with E-state index in [4.69, 9.17) is 6.57 Å². The second-order valence-corrected chi connectivity index (χ2v) is 10.4. The molecule has 2 heterocycles. The van der Waals surface area contributed by atoms with Crippen molar-refractivity contribution in [1.29, 1.82) is 5.26 Å². The highest BCUT2D eigenvalue weighted by atomic mass is 15.0. The summed E-state index contributed by atoms with van der Waals surface area (Å²) in [6.07, 6.45) is 0. The van der Waals surface area contributed by atoms with E-state index >= 15 is 0 Å². The monoisotopic (exact) mass is 534 g/mol. The van der Waals surface area contributed by atoms with Gasteiger partial charge in [-0.2, -0.15) is 5.26 Å². The van der Waals surface area contributed by atoms with Crippen molar-refractivity contribution in [3.8, 4) is 28.6 Å². The number of nitrogens with zero attached hydrogens (tertiary/aromatic N) is 4. The Bertz CT molecular complexity index is 2360. The molecule has 0 aliphatic heterocycles. The zero-order chi connectivity index (χ0) is 28.2. The predicted octanol–water partition coefficient (Wildman–Crippen LogP) is 9.97. The number of aromatic nitrogens is 2. The largest absolute Gasteiger partial charge is 0.309 e. The van der Waals surface area contributed by atoms with E-state index in [2.05, 4.69) is 129 Å². The standard InChI is InChI=1S/C38H22N4/c1-40-33-16-8-10-26(24-39)38(33)25-20-21-37-32(22-25)31-15-4-7-19-36(31)42(37)28-12-9-11-27(23-28)41-34-17-5-2-13-29(34)30-14-3-6-18-35(30)41/h2-23H. The maximum Gasteiger partial charge on any atom is 0.196 e. The van der Waals surface area contributed by atoms with Gasteiger partial charge in [0, 0.05) is 44.0 Å². The van der Waals surface area contributed by atoms with E-state index in [0.717, 1.165) is 38.7 Å². The van der Waals surface area contributed by atoms with Crippen LogP contribution in [0.2, 0.25) is 0 Å². The average Bonchev–Trinajstić information content (AvgIpc) is 3.57. The zero-order valence-electron chi connectivity index (χ0n) is 22.5. The van der Waals surface area contributed by atoms with Gasteiger partial charge in [-0.3, -0.25) is 0 Å². The lowest BCUT2D eigenvalue weighted by atomic mass is 9.97. The summed E-state index contributed by atoms with van der Waals surface area (Å²) in [4.78, 5) is 3.72. The molecule has 4 heteroatoms. The van der Waals surface area contributed by atoms with Gasteiger partial charge < -0.3 is 9.13 Å². The van der Waals surface area contributed by atoms with Crippen molar-refractivity contribution in [2.75, 3.05) is 0 Å². The van der Waals surface area contributed by atoms with Gasteiger partial charge in [0.25, 0.3) is 0 Å². The van der Waals surface area contributed by atoms with Gasteiger partial charge in [0.2, 0.25) is 0 Å².